The molecule has 2 fully saturated rings. The van der Waals surface area contributed by atoms with Crippen molar-refractivity contribution >= 4 is 23.5 Å². The number of carbonyl (C=O) groups excluding carboxylic acids is 1. The van der Waals surface area contributed by atoms with Crippen LogP contribution in [0, 0.1) is 11.8 Å². The fourth-order valence-electron chi connectivity index (χ4n) is 4.19. The van der Waals surface area contributed by atoms with Crippen molar-refractivity contribution in [1.82, 2.24) is 0 Å². The molecule has 0 aromatic heterocycles. The van der Waals surface area contributed by atoms with E-state index in [0.717, 1.165) is 5.75 Å². The summed E-state index contributed by atoms with van der Waals surface area (Å²) in [7, 11) is 0. The van der Waals surface area contributed by atoms with Crippen LogP contribution in [0.1, 0.15) is 71.1 Å². The van der Waals surface area contributed by atoms with E-state index < -0.39 is 12.1 Å². The van der Waals surface area contributed by atoms with Gasteiger partial charge in [0.05, 0.1) is 6.10 Å². The van der Waals surface area contributed by atoms with Crippen LogP contribution in [-0.4, -0.2) is 38.6 Å². The Labute approximate surface area is 167 Å². The van der Waals surface area contributed by atoms with E-state index in [9.17, 15) is 14.7 Å². The summed E-state index contributed by atoms with van der Waals surface area (Å²) in [5, 5.41) is 18.9. The molecule has 0 bridgehead atoms. The van der Waals surface area contributed by atoms with Gasteiger partial charge in [0.15, 0.2) is 0 Å². The molecule has 0 heterocycles. The minimum Gasteiger partial charge on any atom is -0.481 e. The van der Waals surface area contributed by atoms with Gasteiger partial charge in [0.2, 0.25) is 0 Å². The van der Waals surface area contributed by atoms with E-state index in [0.29, 0.717) is 24.0 Å². The Bertz CT molecular complexity index is 551. The molecule has 4 nitrogen and oxygen atoms in total. The first-order chi connectivity index (χ1) is 13.0. The van der Waals surface area contributed by atoms with E-state index in [1.807, 2.05) is 23.9 Å². The number of aliphatic hydroxyl groups excluding tert-OH is 1. The number of ketones is 1. The third-order valence-electron chi connectivity index (χ3n) is 5.87. The molecule has 2 aliphatic carbocycles. The number of Topliss-reactive ketones (excluding diaryl/α,β-unsaturated/α-hetero) is 1. The molecule has 2 aliphatic rings. The molecule has 0 aromatic rings. The van der Waals surface area contributed by atoms with Crippen LogP contribution in [0.15, 0.2) is 24.3 Å². The molecular formula is C22H34O4S. The second kappa shape index (κ2) is 11.1. The predicted octanol–water partition coefficient (Wildman–Crippen LogP) is 4.77. The zero-order valence-electron chi connectivity index (χ0n) is 16.4. The average Bonchev–Trinajstić information content (AvgIpc) is 2.85. The normalized spacial score (nSPS) is 27.5. The number of hydrogen-bond donors (Lipinski definition) is 2. The van der Waals surface area contributed by atoms with Crippen molar-refractivity contribution in [2.75, 3.05) is 5.75 Å². The maximum Gasteiger partial charge on any atom is 0.303 e. The molecule has 2 N–H and O–H groups in total. The maximum atomic E-state index is 12.2. The smallest absolute Gasteiger partial charge is 0.303 e. The van der Waals surface area contributed by atoms with E-state index >= 15 is 0 Å². The molecule has 27 heavy (non-hydrogen) atoms. The zero-order chi connectivity index (χ0) is 19.7. The van der Waals surface area contributed by atoms with E-state index in [4.69, 9.17) is 5.11 Å². The zero-order valence-corrected chi connectivity index (χ0v) is 17.3. The molecule has 3 atom stereocenters. The lowest BCUT2D eigenvalue weighted by molar-refractivity contribution is -0.137. The number of allylic oxidation sites excluding steroid dienone is 2. The van der Waals surface area contributed by atoms with Crippen molar-refractivity contribution in [2.24, 2.45) is 11.8 Å². The summed E-state index contributed by atoms with van der Waals surface area (Å²) in [5.74, 6) is 0.0787. The van der Waals surface area contributed by atoms with Crippen molar-refractivity contribution < 1.29 is 19.8 Å². The van der Waals surface area contributed by atoms with Crippen LogP contribution in [0.3, 0.4) is 0 Å². The SMILES string of the molecule is CCCC1(SC/C=C/[C@H]2[C@H](O)CC(=O)[C@@H]2C/C=C\CCCC(=O)O)CCC1. The van der Waals surface area contributed by atoms with Crippen molar-refractivity contribution in [3.8, 4) is 0 Å². The fourth-order valence-corrected chi connectivity index (χ4v) is 5.68. The Morgan fingerprint density at radius 2 is 2.07 bits per heavy atom. The summed E-state index contributed by atoms with van der Waals surface area (Å²) in [4.78, 5) is 22.7. The van der Waals surface area contributed by atoms with Crippen molar-refractivity contribution in [1.29, 1.82) is 0 Å². The van der Waals surface area contributed by atoms with Crippen LogP contribution in [-0.2, 0) is 9.59 Å². The number of unbranched alkanes of at least 4 members (excludes halogenated alkanes) is 1. The molecular weight excluding hydrogens is 360 g/mol. The van der Waals surface area contributed by atoms with Gasteiger partial charge in [-0.3, -0.25) is 9.59 Å². The predicted molar refractivity (Wildman–Crippen MR) is 111 cm³/mol. The minimum atomic E-state index is -0.775. The van der Waals surface area contributed by atoms with Crippen LogP contribution in [0.25, 0.3) is 0 Å². The molecule has 0 aromatic carbocycles. The Balaban J connectivity index is 1.79. The number of thioether (sulfide) groups is 1. The van der Waals surface area contributed by atoms with Gasteiger partial charge in [-0.25, -0.2) is 0 Å². The highest BCUT2D eigenvalue weighted by atomic mass is 32.2. The third kappa shape index (κ3) is 6.79. The van der Waals surface area contributed by atoms with E-state index in [2.05, 4.69) is 19.1 Å². The number of carboxylic acid groups (broad SMARTS) is 1. The van der Waals surface area contributed by atoms with Crippen LogP contribution in [0.5, 0.6) is 0 Å². The van der Waals surface area contributed by atoms with Gasteiger partial charge < -0.3 is 10.2 Å². The molecule has 152 valence electrons. The summed E-state index contributed by atoms with van der Waals surface area (Å²) in [6.45, 7) is 2.25. The molecule has 0 aliphatic heterocycles. The van der Waals surface area contributed by atoms with E-state index in [1.54, 1.807) is 0 Å². The standard InChI is InChI=1S/C22H34O4S/c1-2-12-22(13-8-14-22)27-15-7-10-18-17(19(23)16-20(18)24)9-5-3-4-6-11-21(25)26/h3,5,7,10,17-18,20,24H,2,4,6,8-9,11-16H2,1H3,(H,25,26)/b5-3-,10-7+/t17-,18-,20-/m1/s1. The van der Waals surface area contributed by atoms with Gasteiger partial charge in [-0.2, -0.15) is 11.8 Å². The molecule has 0 radical (unpaired) electrons. The van der Waals surface area contributed by atoms with Gasteiger partial charge in [-0.05, 0) is 38.5 Å². The van der Waals surface area contributed by atoms with Gasteiger partial charge in [0.25, 0.3) is 0 Å². The Morgan fingerprint density at radius 1 is 1.30 bits per heavy atom. The highest BCUT2D eigenvalue weighted by molar-refractivity contribution is 8.00. The minimum absolute atomic E-state index is 0.0923. The molecule has 0 spiro atoms. The largest absolute Gasteiger partial charge is 0.481 e. The molecule has 0 saturated heterocycles. The Kier molecular flexibility index (Phi) is 9.10. The summed E-state index contributed by atoms with van der Waals surface area (Å²) in [6.07, 6.45) is 16.5. The molecule has 0 amide bonds. The lowest BCUT2D eigenvalue weighted by Gasteiger charge is -2.41. The lowest BCUT2D eigenvalue weighted by Crippen LogP contribution is -2.33. The van der Waals surface area contributed by atoms with Crippen LogP contribution in [0.4, 0.5) is 0 Å². The van der Waals surface area contributed by atoms with Crippen molar-refractivity contribution in [2.45, 2.75) is 82.0 Å². The Morgan fingerprint density at radius 3 is 2.70 bits per heavy atom. The van der Waals surface area contributed by atoms with Crippen LogP contribution in [0.2, 0.25) is 0 Å². The maximum absolute atomic E-state index is 12.2. The number of carbonyl (C=O) groups is 2. The average molecular weight is 395 g/mol. The molecule has 5 heteroatoms. The molecule has 2 saturated carbocycles. The topological polar surface area (TPSA) is 74.6 Å². The molecule has 0 unspecified atom stereocenters. The summed E-state index contributed by atoms with van der Waals surface area (Å²) in [6, 6.07) is 0. The summed E-state index contributed by atoms with van der Waals surface area (Å²) >= 11 is 2.04. The van der Waals surface area contributed by atoms with Gasteiger partial charge >= 0.3 is 5.97 Å². The lowest BCUT2D eigenvalue weighted by atomic mass is 9.81. The summed E-state index contributed by atoms with van der Waals surface area (Å²) < 4.78 is 0.474. The van der Waals surface area contributed by atoms with Crippen molar-refractivity contribution in [3.63, 3.8) is 0 Å². The number of rotatable bonds is 12. The van der Waals surface area contributed by atoms with Gasteiger partial charge in [-0.15, -0.1) is 0 Å². The number of hydrogen-bond acceptors (Lipinski definition) is 4. The van der Waals surface area contributed by atoms with Gasteiger partial charge in [0.1, 0.15) is 5.78 Å². The quantitative estimate of drug-likeness (QED) is 0.368. The van der Waals surface area contributed by atoms with E-state index in [1.165, 1.54) is 32.1 Å². The second-order valence-corrected chi connectivity index (χ2v) is 9.43. The first-order valence-electron chi connectivity index (χ1n) is 10.4. The summed E-state index contributed by atoms with van der Waals surface area (Å²) in [5.41, 5.74) is 0. The van der Waals surface area contributed by atoms with Crippen LogP contribution >= 0.6 is 11.8 Å². The fraction of sp³-hybridized carbons (Fsp3) is 0.727. The number of aliphatic carboxylic acids is 1. The number of aliphatic hydroxyl groups is 1. The monoisotopic (exact) mass is 394 g/mol. The highest BCUT2D eigenvalue weighted by Gasteiger charge is 2.39. The first-order valence-corrected chi connectivity index (χ1v) is 11.3. The number of carboxylic acids is 1. The van der Waals surface area contributed by atoms with E-state index in [-0.39, 0.29) is 30.5 Å². The first kappa shape index (κ1) is 22.2. The molecule has 2 rings (SSSR count). The Hall–Kier alpha value is -1.07. The third-order valence-corrected chi connectivity index (χ3v) is 7.45. The second-order valence-electron chi connectivity index (χ2n) is 7.94. The van der Waals surface area contributed by atoms with Crippen LogP contribution < -0.4 is 0 Å². The van der Waals surface area contributed by atoms with Gasteiger partial charge in [0, 0.05) is 35.2 Å². The van der Waals surface area contributed by atoms with Gasteiger partial charge in [-0.1, -0.05) is 44.1 Å². The van der Waals surface area contributed by atoms with Crippen molar-refractivity contribution in [3.05, 3.63) is 24.3 Å². The highest BCUT2D eigenvalue weighted by Crippen LogP contribution is 2.47.